The molecule has 0 spiro atoms. The quantitative estimate of drug-likeness (QED) is 0.519. The lowest BCUT2D eigenvalue weighted by atomic mass is 9.94. The molecule has 136 valence electrons. The summed E-state index contributed by atoms with van der Waals surface area (Å²) in [6, 6.07) is 7.53. The van der Waals surface area contributed by atoms with E-state index in [1.165, 1.54) is 4.57 Å². The lowest BCUT2D eigenvalue weighted by Crippen LogP contribution is -2.18. The Balaban J connectivity index is 1.89. The molecule has 5 heterocycles. The zero-order valence-electron chi connectivity index (χ0n) is 15.1. The number of H-pyrrole nitrogens is 1. The summed E-state index contributed by atoms with van der Waals surface area (Å²) in [4.78, 5) is 29.1. The van der Waals surface area contributed by atoms with Crippen LogP contribution in [0.5, 0.6) is 5.75 Å². The topological polar surface area (TPSA) is 85.7 Å². The van der Waals surface area contributed by atoms with E-state index in [0.717, 1.165) is 29.4 Å². The van der Waals surface area contributed by atoms with Crippen LogP contribution in [0.25, 0.3) is 28.0 Å². The molecule has 4 aromatic heterocycles. The van der Waals surface area contributed by atoms with Crippen molar-refractivity contribution in [3.8, 4) is 11.6 Å². The van der Waals surface area contributed by atoms with Gasteiger partial charge in [-0.3, -0.25) is 9.97 Å². The van der Waals surface area contributed by atoms with Crippen molar-refractivity contribution in [3.63, 3.8) is 0 Å². The largest absolute Gasteiger partial charge is 0.488 e. The molecule has 4 aromatic rings. The van der Waals surface area contributed by atoms with Crippen molar-refractivity contribution in [3.05, 3.63) is 52.7 Å². The number of aromatic amines is 1. The highest BCUT2D eigenvalue weighted by Gasteiger charge is 2.20. The highest BCUT2D eigenvalue weighted by molar-refractivity contribution is 5.82. The van der Waals surface area contributed by atoms with E-state index in [2.05, 4.69) is 28.8 Å². The fourth-order valence-electron chi connectivity index (χ4n) is 3.79. The van der Waals surface area contributed by atoms with Crippen LogP contribution in [0.15, 0.2) is 41.5 Å². The van der Waals surface area contributed by atoms with Crippen molar-refractivity contribution in [1.82, 2.24) is 24.5 Å². The summed E-state index contributed by atoms with van der Waals surface area (Å²) in [6.45, 7) is 4.25. The van der Waals surface area contributed by atoms with Crippen molar-refractivity contribution in [2.75, 3.05) is 0 Å². The predicted molar refractivity (Wildman–Crippen MR) is 103 cm³/mol. The second-order valence-electron chi connectivity index (χ2n) is 7.12. The zero-order valence-corrected chi connectivity index (χ0v) is 15.1. The van der Waals surface area contributed by atoms with Gasteiger partial charge in [0.2, 0.25) is 0 Å². The Bertz CT molecular complexity index is 1230. The molecule has 0 saturated heterocycles. The standard InChI is InChI=1S/C20H19N5O2/c1-11-3-4-12(2)27-15-8-10-22-19-18(15)25(20(26)24-19)16-6-5-14-17(23-16)13(11)7-9-21-14/h5-12H,3-4H2,1-2H3,(H,22,24,26)/t11-,12+/m1/s1. The fraction of sp³-hybridized carbons (Fsp3) is 0.300. The summed E-state index contributed by atoms with van der Waals surface area (Å²) in [5.41, 5.74) is 3.62. The summed E-state index contributed by atoms with van der Waals surface area (Å²) in [5, 5.41) is 0. The second kappa shape index (κ2) is 5.90. The van der Waals surface area contributed by atoms with Crippen LogP contribution in [-0.4, -0.2) is 30.6 Å². The summed E-state index contributed by atoms with van der Waals surface area (Å²) >= 11 is 0. The van der Waals surface area contributed by atoms with Gasteiger partial charge in [-0.2, -0.15) is 0 Å². The number of nitrogens with zero attached hydrogens (tertiary/aromatic N) is 4. The maximum absolute atomic E-state index is 12.7. The molecule has 27 heavy (non-hydrogen) atoms. The molecule has 0 amide bonds. The van der Waals surface area contributed by atoms with Gasteiger partial charge in [0, 0.05) is 18.5 Å². The number of hydrogen-bond acceptors (Lipinski definition) is 5. The van der Waals surface area contributed by atoms with Gasteiger partial charge < -0.3 is 4.74 Å². The molecule has 1 N–H and O–H groups in total. The van der Waals surface area contributed by atoms with Gasteiger partial charge in [0.25, 0.3) is 0 Å². The van der Waals surface area contributed by atoms with Crippen LogP contribution < -0.4 is 10.4 Å². The summed E-state index contributed by atoms with van der Waals surface area (Å²) in [6.07, 6.45) is 5.35. The molecular formula is C20H19N5O2. The van der Waals surface area contributed by atoms with Crippen LogP contribution in [0, 0.1) is 0 Å². The summed E-state index contributed by atoms with van der Waals surface area (Å²) in [7, 11) is 0. The number of rotatable bonds is 0. The van der Waals surface area contributed by atoms with Crippen molar-refractivity contribution >= 4 is 22.2 Å². The van der Waals surface area contributed by atoms with E-state index in [1.54, 1.807) is 12.3 Å². The molecule has 1 aliphatic heterocycles. The van der Waals surface area contributed by atoms with Crippen LogP contribution >= 0.6 is 0 Å². The van der Waals surface area contributed by atoms with E-state index in [1.807, 2.05) is 24.4 Å². The average molecular weight is 361 g/mol. The van der Waals surface area contributed by atoms with Gasteiger partial charge >= 0.3 is 5.69 Å². The molecule has 7 nitrogen and oxygen atoms in total. The van der Waals surface area contributed by atoms with E-state index in [-0.39, 0.29) is 11.8 Å². The Kier molecular flexibility index (Phi) is 3.50. The van der Waals surface area contributed by atoms with E-state index in [0.29, 0.717) is 28.6 Å². The molecule has 0 aromatic carbocycles. The lowest BCUT2D eigenvalue weighted by Gasteiger charge is -2.20. The van der Waals surface area contributed by atoms with Gasteiger partial charge in [0.05, 0.1) is 17.1 Å². The first-order valence-corrected chi connectivity index (χ1v) is 9.14. The molecule has 2 atom stereocenters. The minimum absolute atomic E-state index is 0.0135. The first kappa shape index (κ1) is 16.0. The smallest absolute Gasteiger partial charge is 0.333 e. The highest BCUT2D eigenvalue weighted by atomic mass is 16.5. The van der Waals surface area contributed by atoms with Gasteiger partial charge in [-0.25, -0.2) is 19.3 Å². The average Bonchev–Trinajstić information content (AvgIpc) is 3.01. The second-order valence-corrected chi connectivity index (χ2v) is 7.12. The van der Waals surface area contributed by atoms with Crippen LogP contribution in [0.2, 0.25) is 0 Å². The number of aromatic nitrogens is 5. The molecule has 2 bridgehead atoms. The molecule has 0 radical (unpaired) electrons. The minimum atomic E-state index is -0.288. The molecule has 5 rings (SSSR count). The number of pyridine rings is 3. The summed E-state index contributed by atoms with van der Waals surface area (Å²) in [5.74, 6) is 1.47. The van der Waals surface area contributed by atoms with Crippen molar-refractivity contribution in [2.24, 2.45) is 0 Å². The molecule has 0 unspecified atom stereocenters. The maximum Gasteiger partial charge on any atom is 0.333 e. The van der Waals surface area contributed by atoms with Gasteiger partial charge in [0.1, 0.15) is 17.1 Å². The van der Waals surface area contributed by atoms with Gasteiger partial charge in [-0.05, 0) is 49.4 Å². The Morgan fingerprint density at radius 3 is 2.85 bits per heavy atom. The minimum Gasteiger partial charge on any atom is -0.488 e. The Morgan fingerprint density at radius 2 is 1.96 bits per heavy atom. The molecule has 0 saturated carbocycles. The lowest BCUT2D eigenvalue weighted by molar-refractivity contribution is 0.207. The first-order chi connectivity index (χ1) is 13.1. The Hall–Kier alpha value is -3.22. The first-order valence-electron chi connectivity index (χ1n) is 9.14. The molecule has 1 aliphatic rings. The number of hydrogen-bond donors (Lipinski definition) is 1. The summed E-state index contributed by atoms with van der Waals surface area (Å²) < 4.78 is 7.72. The van der Waals surface area contributed by atoms with E-state index in [9.17, 15) is 4.79 Å². The third-order valence-electron chi connectivity index (χ3n) is 5.23. The van der Waals surface area contributed by atoms with Gasteiger partial charge in [-0.15, -0.1) is 0 Å². The maximum atomic E-state index is 12.7. The van der Waals surface area contributed by atoms with E-state index >= 15 is 0 Å². The Morgan fingerprint density at radius 1 is 1.11 bits per heavy atom. The predicted octanol–water partition coefficient (Wildman–Crippen LogP) is 3.32. The zero-order chi connectivity index (χ0) is 18.5. The van der Waals surface area contributed by atoms with Crippen LogP contribution in [0.1, 0.15) is 38.2 Å². The van der Waals surface area contributed by atoms with Crippen molar-refractivity contribution < 1.29 is 4.74 Å². The SMILES string of the molecule is C[C@@H]1CC[C@H](C)Oc2ccnc3[nH]c(=O)n(c23)-c2ccc3nccc1c3n2. The normalized spacial score (nSPS) is 19.6. The fourth-order valence-corrected chi connectivity index (χ4v) is 3.79. The number of ether oxygens (including phenoxy) is 1. The number of nitrogens with one attached hydrogen (secondary N) is 1. The highest BCUT2D eigenvalue weighted by Crippen LogP contribution is 2.31. The van der Waals surface area contributed by atoms with E-state index in [4.69, 9.17) is 9.72 Å². The third kappa shape index (κ3) is 2.50. The van der Waals surface area contributed by atoms with E-state index < -0.39 is 0 Å². The Labute approximate surface area is 155 Å². The number of fused-ring (bicyclic) bond motifs is 2. The number of imidazole rings is 1. The van der Waals surface area contributed by atoms with Crippen LogP contribution in [0.3, 0.4) is 0 Å². The molecule has 7 heteroatoms. The van der Waals surface area contributed by atoms with Crippen LogP contribution in [0.4, 0.5) is 0 Å². The third-order valence-corrected chi connectivity index (χ3v) is 5.23. The molecule has 0 aliphatic carbocycles. The van der Waals surface area contributed by atoms with Crippen molar-refractivity contribution in [2.45, 2.75) is 38.7 Å². The molecular weight excluding hydrogens is 342 g/mol. The molecule has 0 fully saturated rings. The monoisotopic (exact) mass is 361 g/mol. The van der Waals surface area contributed by atoms with Gasteiger partial charge in [-0.1, -0.05) is 6.92 Å². The van der Waals surface area contributed by atoms with Crippen molar-refractivity contribution in [1.29, 1.82) is 0 Å². The van der Waals surface area contributed by atoms with Crippen LogP contribution in [-0.2, 0) is 0 Å². The van der Waals surface area contributed by atoms with Gasteiger partial charge in [0.15, 0.2) is 5.65 Å².